The molecule has 0 aromatic heterocycles. The van der Waals surface area contributed by atoms with Crippen LogP contribution in [0.3, 0.4) is 0 Å². The number of hydrogen-bond acceptors (Lipinski definition) is 4. The summed E-state index contributed by atoms with van der Waals surface area (Å²) in [5.41, 5.74) is -1.58. The maximum Gasteiger partial charge on any atom is 0.243 e. The summed E-state index contributed by atoms with van der Waals surface area (Å²) in [6.07, 6.45) is 0. The maximum absolute atomic E-state index is 14.2. The van der Waals surface area contributed by atoms with Crippen LogP contribution in [0, 0.1) is 0 Å². The number of rotatable bonds is 4. The van der Waals surface area contributed by atoms with E-state index >= 15 is 0 Å². The molecule has 0 spiro atoms. The van der Waals surface area contributed by atoms with Crippen LogP contribution in [0.2, 0.25) is 0 Å². The second-order valence-electron chi connectivity index (χ2n) is 5.34. The van der Waals surface area contributed by atoms with Gasteiger partial charge in [-0.15, -0.1) is 0 Å². The quantitative estimate of drug-likeness (QED) is 0.912. The number of nitrogens with one attached hydrogen (secondary N) is 1. The lowest BCUT2D eigenvalue weighted by atomic mass is 10.1. The van der Waals surface area contributed by atoms with E-state index in [4.69, 9.17) is 4.74 Å². The van der Waals surface area contributed by atoms with Crippen LogP contribution in [0.5, 0.6) is 5.75 Å². The van der Waals surface area contributed by atoms with Gasteiger partial charge < -0.3 is 10.1 Å². The molecule has 0 aliphatic carbocycles. The topological polar surface area (TPSA) is 58.6 Å². The highest BCUT2D eigenvalue weighted by atomic mass is 32.2. The van der Waals surface area contributed by atoms with E-state index in [-0.39, 0.29) is 24.5 Å². The number of nitrogens with zero attached hydrogens (tertiary/aromatic N) is 1. The van der Waals surface area contributed by atoms with Gasteiger partial charge in [0.25, 0.3) is 0 Å². The first kappa shape index (κ1) is 16.2. The number of ether oxygens (including phenoxy) is 1. The summed E-state index contributed by atoms with van der Waals surface area (Å²) in [5.74, 6) is 0.495. The lowest BCUT2D eigenvalue weighted by Gasteiger charge is -2.25. The zero-order valence-corrected chi connectivity index (χ0v) is 13.1. The van der Waals surface area contributed by atoms with Gasteiger partial charge in [-0.25, -0.2) is 12.8 Å². The van der Waals surface area contributed by atoms with Gasteiger partial charge in [-0.3, -0.25) is 0 Å². The molecule has 0 radical (unpaired) electrons. The smallest absolute Gasteiger partial charge is 0.243 e. The summed E-state index contributed by atoms with van der Waals surface area (Å²) in [5, 5.41) is 2.92. The van der Waals surface area contributed by atoms with Crippen molar-refractivity contribution in [2.75, 3.05) is 32.8 Å². The van der Waals surface area contributed by atoms with Gasteiger partial charge in [0.2, 0.25) is 10.0 Å². The summed E-state index contributed by atoms with van der Waals surface area (Å²) in [7, 11) is -3.72. The molecule has 1 aromatic carbocycles. The molecule has 1 aliphatic heterocycles. The van der Waals surface area contributed by atoms with E-state index in [2.05, 4.69) is 5.32 Å². The van der Waals surface area contributed by atoms with Crippen LogP contribution in [-0.4, -0.2) is 51.2 Å². The summed E-state index contributed by atoms with van der Waals surface area (Å²) in [6, 6.07) is 6.31. The summed E-state index contributed by atoms with van der Waals surface area (Å²) >= 11 is 0. The Hall–Kier alpha value is -1.18. The van der Waals surface area contributed by atoms with E-state index in [1.54, 1.807) is 12.1 Å². The lowest BCUT2D eigenvalue weighted by molar-refractivity contribution is 0.166. The van der Waals surface area contributed by atoms with Crippen molar-refractivity contribution in [3.05, 3.63) is 24.3 Å². The normalized spacial score (nSPS) is 24.5. The molecule has 1 saturated heterocycles. The average molecular weight is 316 g/mol. The third-order valence-corrected chi connectivity index (χ3v) is 5.13. The fraction of sp³-hybridized carbons (Fsp3) is 0.571. The second kappa shape index (κ2) is 6.29. The first-order chi connectivity index (χ1) is 9.85. The van der Waals surface area contributed by atoms with E-state index in [1.807, 2.05) is 6.92 Å². The van der Waals surface area contributed by atoms with E-state index in [9.17, 15) is 12.8 Å². The van der Waals surface area contributed by atoms with E-state index in [1.165, 1.54) is 23.4 Å². The molecule has 7 heteroatoms. The van der Waals surface area contributed by atoms with Crippen LogP contribution in [0.1, 0.15) is 13.8 Å². The molecule has 1 heterocycles. The van der Waals surface area contributed by atoms with E-state index in [0.29, 0.717) is 18.9 Å². The minimum absolute atomic E-state index is 0.131. The van der Waals surface area contributed by atoms with Crippen LogP contribution < -0.4 is 10.1 Å². The van der Waals surface area contributed by atoms with Crippen LogP contribution in [0.25, 0.3) is 0 Å². The number of alkyl halides is 1. The standard InChI is InChI=1S/C14H21FN2O3S/c1-3-20-12-5-4-6-13(9-12)21(18,19)17-8-7-16-10-14(2,15)11-17/h4-6,9,16H,3,7-8,10-11H2,1-2H3. The Kier molecular flexibility index (Phi) is 4.85. The number of benzene rings is 1. The molecule has 1 atom stereocenters. The van der Waals surface area contributed by atoms with Crippen molar-refractivity contribution in [1.29, 1.82) is 0 Å². The third kappa shape index (κ3) is 3.93. The molecule has 1 fully saturated rings. The monoisotopic (exact) mass is 316 g/mol. The zero-order valence-electron chi connectivity index (χ0n) is 12.3. The highest BCUT2D eigenvalue weighted by molar-refractivity contribution is 7.89. The Labute approximate surface area is 125 Å². The van der Waals surface area contributed by atoms with Crippen molar-refractivity contribution in [3.63, 3.8) is 0 Å². The Bertz CT molecular complexity index is 590. The predicted octanol–water partition coefficient (Wildman–Crippen LogP) is 1.41. The van der Waals surface area contributed by atoms with Gasteiger partial charge in [-0.05, 0) is 26.0 Å². The Balaban J connectivity index is 2.30. The van der Waals surface area contributed by atoms with Crippen LogP contribution in [0.4, 0.5) is 4.39 Å². The first-order valence-corrected chi connectivity index (χ1v) is 8.42. The first-order valence-electron chi connectivity index (χ1n) is 6.98. The van der Waals surface area contributed by atoms with E-state index in [0.717, 1.165) is 0 Å². The van der Waals surface area contributed by atoms with Crippen LogP contribution in [-0.2, 0) is 10.0 Å². The van der Waals surface area contributed by atoms with Crippen molar-refractivity contribution in [1.82, 2.24) is 9.62 Å². The predicted molar refractivity (Wildman–Crippen MR) is 78.8 cm³/mol. The molecule has 0 saturated carbocycles. The van der Waals surface area contributed by atoms with Crippen molar-refractivity contribution < 1.29 is 17.5 Å². The molecule has 0 amide bonds. The molecule has 1 N–H and O–H groups in total. The fourth-order valence-electron chi connectivity index (χ4n) is 2.30. The van der Waals surface area contributed by atoms with E-state index < -0.39 is 15.7 Å². The molecular weight excluding hydrogens is 295 g/mol. The molecule has 21 heavy (non-hydrogen) atoms. The Morgan fingerprint density at radius 1 is 1.48 bits per heavy atom. The van der Waals surface area contributed by atoms with Gasteiger partial charge in [0, 0.05) is 32.2 Å². The number of halogens is 1. The van der Waals surface area contributed by atoms with Gasteiger partial charge >= 0.3 is 0 Å². The summed E-state index contributed by atoms with van der Waals surface area (Å²) < 4.78 is 46.1. The Morgan fingerprint density at radius 3 is 2.95 bits per heavy atom. The Morgan fingerprint density at radius 2 is 2.24 bits per heavy atom. The summed E-state index contributed by atoms with van der Waals surface area (Å²) in [4.78, 5) is 0.131. The van der Waals surface area contributed by atoms with Crippen molar-refractivity contribution >= 4 is 10.0 Å². The largest absolute Gasteiger partial charge is 0.494 e. The minimum Gasteiger partial charge on any atom is -0.494 e. The van der Waals surface area contributed by atoms with Crippen LogP contribution >= 0.6 is 0 Å². The van der Waals surface area contributed by atoms with Gasteiger partial charge in [0.15, 0.2) is 0 Å². The molecule has 0 bridgehead atoms. The molecule has 1 aliphatic rings. The van der Waals surface area contributed by atoms with Crippen molar-refractivity contribution in [2.45, 2.75) is 24.4 Å². The molecule has 2 rings (SSSR count). The molecule has 118 valence electrons. The zero-order chi connectivity index (χ0) is 15.5. The van der Waals surface area contributed by atoms with Crippen molar-refractivity contribution in [2.24, 2.45) is 0 Å². The maximum atomic E-state index is 14.2. The van der Waals surface area contributed by atoms with Gasteiger partial charge in [0.1, 0.15) is 11.4 Å². The number of sulfonamides is 1. The highest BCUT2D eigenvalue weighted by Gasteiger charge is 2.35. The molecule has 1 unspecified atom stereocenters. The molecular formula is C14H21FN2O3S. The minimum atomic E-state index is -3.72. The SMILES string of the molecule is CCOc1cccc(S(=O)(=O)N2CCNCC(C)(F)C2)c1. The average Bonchev–Trinajstić information content (AvgIpc) is 2.61. The van der Waals surface area contributed by atoms with Gasteiger partial charge in [-0.2, -0.15) is 4.31 Å². The van der Waals surface area contributed by atoms with Crippen molar-refractivity contribution in [3.8, 4) is 5.75 Å². The summed E-state index contributed by atoms with van der Waals surface area (Å²) in [6.45, 7) is 4.38. The highest BCUT2D eigenvalue weighted by Crippen LogP contribution is 2.24. The third-order valence-electron chi connectivity index (χ3n) is 3.29. The number of hydrogen-bond donors (Lipinski definition) is 1. The molecule has 5 nitrogen and oxygen atoms in total. The van der Waals surface area contributed by atoms with Gasteiger partial charge in [-0.1, -0.05) is 6.07 Å². The lowest BCUT2D eigenvalue weighted by Crippen LogP contribution is -2.42. The molecule has 1 aromatic rings. The van der Waals surface area contributed by atoms with Gasteiger partial charge in [0.05, 0.1) is 11.5 Å². The fourth-order valence-corrected chi connectivity index (χ4v) is 3.89. The second-order valence-corrected chi connectivity index (χ2v) is 7.27. The van der Waals surface area contributed by atoms with Crippen LogP contribution in [0.15, 0.2) is 29.2 Å².